The standard InChI is InChI=1S/C21H24ClN3O3/c1-14-4-3-5-15(2)20(14)23-19(27)13-24-8-10-25(11-9-24)21(28)17-12-16(22)6-7-18(17)26/h3-7,12,26H,8-11,13H2,1-2H3,(H,23,27). The summed E-state index contributed by atoms with van der Waals surface area (Å²) in [6.45, 7) is 6.37. The normalized spacial score (nSPS) is 14.8. The first-order valence-corrected chi connectivity index (χ1v) is 9.59. The number of amides is 2. The number of carbonyl (C=O) groups excluding carboxylic acids is 2. The van der Waals surface area contributed by atoms with Crippen molar-refractivity contribution in [2.24, 2.45) is 0 Å². The molecule has 0 radical (unpaired) electrons. The minimum atomic E-state index is -0.250. The van der Waals surface area contributed by atoms with Gasteiger partial charge >= 0.3 is 0 Å². The average molecular weight is 402 g/mol. The first-order chi connectivity index (χ1) is 13.3. The van der Waals surface area contributed by atoms with Crippen LogP contribution in [0.1, 0.15) is 21.5 Å². The molecule has 0 spiro atoms. The molecule has 148 valence electrons. The van der Waals surface area contributed by atoms with Crippen LogP contribution in [0.5, 0.6) is 5.75 Å². The lowest BCUT2D eigenvalue weighted by atomic mass is 10.1. The van der Waals surface area contributed by atoms with Crippen LogP contribution in [-0.4, -0.2) is 59.4 Å². The lowest BCUT2D eigenvalue weighted by Crippen LogP contribution is -2.50. The molecule has 0 saturated carbocycles. The number of phenolic OH excluding ortho intramolecular Hbond substituents is 1. The quantitative estimate of drug-likeness (QED) is 0.825. The van der Waals surface area contributed by atoms with Crippen LogP contribution >= 0.6 is 11.6 Å². The summed E-state index contributed by atoms with van der Waals surface area (Å²) in [4.78, 5) is 28.7. The molecule has 0 aliphatic carbocycles. The van der Waals surface area contributed by atoms with Crippen LogP contribution in [0.3, 0.4) is 0 Å². The number of nitrogens with one attached hydrogen (secondary N) is 1. The van der Waals surface area contributed by atoms with Gasteiger partial charge in [-0.25, -0.2) is 0 Å². The van der Waals surface area contributed by atoms with Gasteiger partial charge in [0.2, 0.25) is 5.91 Å². The molecule has 1 saturated heterocycles. The predicted molar refractivity (Wildman–Crippen MR) is 110 cm³/mol. The van der Waals surface area contributed by atoms with Gasteiger partial charge in [-0.15, -0.1) is 0 Å². The van der Waals surface area contributed by atoms with Crippen LogP contribution in [0.2, 0.25) is 5.02 Å². The number of piperazine rings is 1. The van der Waals surface area contributed by atoms with Gasteiger partial charge in [0.25, 0.3) is 5.91 Å². The van der Waals surface area contributed by atoms with Crippen molar-refractivity contribution >= 4 is 29.1 Å². The third-order valence-electron chi connectivity index (χ3n) is 4.96. The number of para-hydroxylation sites is 1. The van der Waals surface area contributed by atoms with Crippen molar-refractivity contribution in [2.45, 2.75) is 13.8 Å². The van der Waals surface area contributed by atoms with Gasteiger partial charge in [-0.3, -0.25) is 14.5 Å². The van der Waals surface area contributed by atoms with Crippen LogP contribution in [0.4, 0.5) is 5.69 Å². The van der Waals surface area contributed by atoms with E-state index in [0.717, 1.165) is 16.8 Å². The minimum Gasteiger partial charge on any atom is -0.507 e. The SMILES string of the molecule is Cc1cccc(C)c1NC(=O)CN1CCN(C(=O)c2cc(Cl)ccc2O)CC1. The molecule has 6 nitrogen and oxygen atoms in total. The van der Waals surface area contributed by atoms with Gasteiger partial charge in [0.1, 0.15) is 5.75 Å². The Morgan fingerprint density at radius 1 is 1.07 bits per heavy atom. The number of carbonyl (C=O) groups is 2. The van der Waals surface area contributed by atoms with Gasteiger partial charge in [0.05, 0.1) is 12.1 Å². The number of aromatic hydroxyl groups is 1. The average Bonchev–Trinajstić information content (AvgIpc) is 2.67. The van der Waals surface area contributed by atoms with Crippen molar-refractivity contribution in [3.63, 3.8) is 0 Å². The number of hydrogen-bond acceptors (Lipinski definition) is 4. The van der Waals surface area contributed by atoms with E-state index in [2.05, 4.69) is 5.32 Å². The molecular formula is C21H24ClN3O3. The highest BCUT2D eigenvalue weighted by Gasteiger charge is 2.25. The molecule has 1 fully saturated rings. The summed E-state index contributed by atoms with van der Waals surface area (Å²) < 4.78 is 0. The maximum Gasteiger partial charge on any atom is 0.257 e. The fourth-order valence-corrected chi connectivity index (χ4v) is 3.52. The Kier molecular flexibility index (Phi) is 6.21. The summed E-state index contributed by atoms with van der Waals surface area (Å²) in [5.41, 5.74) is 3.13. The highest BCUT2D eigenvalue weighted by atomic mass is 35.5. The number of hydrogen-bond donors (Lipinski definition) is 2. The molecule has 3 rings (SSSR count). The Morgan fingerprint density at radius 3 is 2.36 bits per heavy atom. The molecule has 0 bridgehead atoms. The zero-order valence-electron chi connectivity index (χ0n) is 16.0. The number of anilines is 1. The van der Waals surface area contributed by atoms with Gasteiger partial charge < -0.3 is 15.3 Å². The van der Waals surface area contributed by atoms with E-state index in [-0.39, 0.29) is 29.7 Å². The van der Waals surface area contributed by atoms with Crippen molar-refractivity contribution in [1.29, 1.82) is 0 Å². The Hall–Kier alpha value is -2.57. The summed E-state index contributed by atoms with van der Waals surface area (Å²) in [6.07, 6.45) is 0. The number of halogens is 1. The minimum absolute atomic E-state index is 0.0651. The zero-order valence-corrected chi connectivity index (χ0v) is 16.8. The van der Waals surface area contributed by atoms with Gasteiger partial charge in [0, 0.05) is 36.9 Å². The molecule has 2 N–H and O–H groups in total. The molecule has 0 atom stereocenters. The van der Waals surface area contributed by atoms with E-state index >= 15 is 0 Å². The molecule has 2 aromatic rings. The van der Waals surface area contributed by atoms with Crippen molar-refractivity contribution < 1.29 is 14.7 Å². The molecule has 1 heterocycles. The second-order valence-electron chi connectivity index (χ2n) is 7.04. The first kappa shape index (κ1) is 20.2. The van der Waals surface area contributed by atoms with Gasteiger partial charge in [-0.05, 0) is 43.2 Å². The monoisotopic (exact) mass is 401 g/mol. The molecule has 2 aromatic carbocycles. The van der Waals surface area contributed by atoms with E-state index in [9.17, 15) is 14.7 Å². The Balaban J connectivity index is 1.54. The molecule has 0 aromatic heterocycles. The molecule has 0 unspecified atom stereocenters. The van der Waals surface area contributed by atoms with Gasteiger partial charge in [-0.2, -0.15) is 0 Å². The summed E-state index contributed by atoms with van der Waals surface area (Å²) in [7, 11) is 0. The van der Waals surface area contributed by atoms with E-state index < -0.39 is 0 Å². The summed E-state index contributed by atoms with van der Waals surface area (Å²) >= 11 is 5.93. The van der Waals surface area contributed by atoms with Crippen molar-refractivity contribution in [3.05, 3.63) is 58.1 Å². The number of nitrogens with zero attached hydrogens (tertiary/aromatic N) is 2. The summed E-state index contributed by atoms with van der Waals surface area (Å²) in [5, 5.41) is 13.3. The lowest BCUT2D eigenvalue weighted by molar-refractivity contribution is -0.117. The van der Waals surface area contributed by atoms with E-state index in [0.29, 0.717) is 31.2 Å². The van der Waals surface area contributed by atoms with Crippen molar-refractivity contribution in [1.82, 2.24) is 9.80 Å². The topological polar surface area (TPSA) is 72.9 Å². The van der Waals surface area contributed by atoms with Gasteiger partial charge in [-0.1, -0.05) is 29.8 Å². The van der Waals surface area contributed by atoms with E-state index in [1.54, 1.807) is 11.0 Å². The van der Waals surface area contributed by atoms with E-state index in [4.69, 9.17) is 11.6 Å². The maximum absolute atomic E-state index is 12.6. The Bertz CT molecular complexity index is 872. The number of benzene rings is 2. The van der Waals surface area contributed by atoms with Crippen LogP contribution in [0.15, 0.2) is 36.4 Å². The maximum atomic E-state index is 12.6. The molecule has 1 aliphatic rings. The van der Waals surface area contributed by atoms with Crippen LogP contribution in [0, 0.1) is 13.8 Å². The fourth-order valence-electron chi connectivity index (χ4n) is 3.35. The van der Waals surface area contributed by atoms with Crippen molar-refractivity contribution in [3.8, 4) is 5.75 Å². The van der Waals surface area contributed by atoms with Crippen LogP contribution in [-0.2, 0) is 4.79 Å². The lowest BCUT2D eigenvalue weighted by Gasteiger charge is -2.34. The predicted octanol–water partition coefficient (Wildman–Crippen LogP) is 3.06. The van der Waals surface area contributed by atoms with Gasteiger partial charge in [0.15, 0.2) is 0 Å². The van der Waals surface area contributed by atoms with E-state index in [1.807, 2.05) is 36.9 Å². The smallest absolute Gasteiger partial charge is 0.257 e. The van der Waals surface area contributed by atoms with Crippen LogP contribution < -0.4 is 5.32 Å². The Morgan fingerprint density at radius 2 is 1.71 bits per heavy atom. The van der Waals surface area contributed by atoms with E-state index in [1.165, 1.54) is 12.1 Å². The summed E-state index contributed by atoms with van der Waals surface area (Å²) in [5.74, 6) is -0.394. The molecule has 28 heavy (non-hydrogen) atoms. The second-order valence-corrected chi connectivity index (χ2v) is 7.48. The molecule has 7 heteroatoms. The second kappa shape index (κ2) is 8.63. The summed E-state index contributed by atoms with van der Waals surface area (Å²) in [6, 6.07) is 10.3. The number of rotatable bonds is 4. The molecule has 1 aliphatic heterocycles. The largest absolute Gasteiger partial charge is 0.507 e. The highest BCUT2D eigenvalue weighted by Crippen LogP contribution is 2.23. The van der Waals surface area contributed by atoms with Crippen molar-refractivity contribution in [2.75, 3.05) is 38.0 Å². The number of phenols is 1. The fraction of sp³-hybridized carbons (Fsp3) is 0.333. The molecule has 2 amide bonds. The first-order valence-electron chi connectivity index (χ1n) is 9.21. The number of aryl methyl sites for hydroxylation is 2. The van der Waals surface area contributed by atoms with Crippen LogP contribution in [0.25, 0.3) is 0 Å². The highest BCUT2D eigenvalue weighted by molar-refractivity contribution is 6.31. The third kappa shape index (κ3) is 4.64. The Labute approximate surface area is 169 Å². The zero-order chi connectivity index (χ0) is 20.3. The third-order valence-corrected chi connectivity index (χ3v) is 5.20. The molecular weight excluding hydrogens is 378 g/mol.